The summed E-state index contributed by atoms with van der Waals surface area (Å²) >= 11 is 1.68. The molecule has 2 rings (SSSR count). The molecule has 0 unspecified atom stereocenters. The van der Waals surface area contributed by atoms with Gasteiger partial charge >= 0.3 is 0 Å². The number of hydrogen-bond donors (Lipinski definition) is 1. The van der Waals surface area contributed by atoms with E-state index in [0.29, 0.717) is 6.54 Å². The maximum atomic E-state index is 5.76. The number of benzene rings is 1. The fourth-order valence-electron chi connectivity index (χ4n) is 2.42. The molecule has 0 aliphatic heterocycles. The molecule has 7 heteroatoms. The zero-order chi connectivity index (χ0) is 18.2. The maximum Gasteiger partial charge on any atom is 0.194 e. The Morgan fingerprint density at radius 3 is 2.77 bits per heavy atom. The number of aliphatic imine (C=N–C) groups is 1. The normalized spacial score (nSPS) is 11.2. The molecule has 1 heterocycles. The lowest BCUT2D eigenvalue weighted by Gasteiger charge is -2.21. The third-order valence-corrected chi connectivity index (χ3v) is 4.27. The van der Waals surface area contributed by atoms with Crippen molar-refractivity contribution in [3.63, 3.8) is 0 Å². The Kier molecular flexibility index (Phi) is 9.93. The van der Waals surface area contributed by atoms with E-state index in [2.05, 4.69) is 39.6 Å². The number of hydrogen-bond acceptors (Lipinski definition) is 4. The Bertz CT molecular complexity index is 702. The molecule has 2 aromatic rings. The van der Waals surface area contributed by atoms with Crippen LogP contribution in [0.4, 0.5) is 0 Å². The van der Waals surface area contributed by atoms with Crippen LogP contribution in [-0.4, -0.2) is 35.5 Å². The van der Waals surface area contributed by atoms with Crippen molar-refractivity contribution >= 4 is 41.3 Å². The predicted molar refractivity (Wildman–Crippen MR) is 121 cm³/mol. The molecule has 144 valence electrons. The highest BCUT2D eigenvalue weighted by molar-refractivity contribution is 14.0. The molecule has 0 fully saturated rings. The van der Waals surface area contributed by atoms with Crippen molar-refractivity contribution in [3.05, 3.63) is 45.9 Å². The molecule has 0 aliphatic carbocycles. The van der Waals surface area contributed by atoms with Gasteiger partial charge in [0.05, 0.1) is 29.9 Å². The van der Waals surface area contributed by atoms with E-state index in [1.165, 1.54) is 0 Å². The molecule has 1 aromatic heterocycles. The van der Waals surface area contributed by atoms with Crippen LogP contribution in [0.5, 0.6) is 5.75 Å². The van der Waals surface area contributed by atoms with Crippen LogP contribution in [0.15, 0.2) is 34.6 Å². The molecule has 0 amide bonds. The quantitative estimate of drug-likeness (QED) is 0.356. The summed E-state index contributed by atoms with van der Waals surface area (Å²) in [5, 5.41) is 6.54. The molecule has 0 saturated heterocycles. The number of ether oxygens (including phenoxy) is 1. The van der Waals surface area contributed by atoms with Crippen LogP contribution >= 0.6 is 35.3 Å². The second-order valence-electron chi connectivity index (χ2n) is 6.20. The number of nitrogens with zero attached hydrogens (tertiary/aromatic N) is 3. The number of guanidine groups is 1. The Balaban J connectivity index is 0.00000338. The molecule has 5 nitrogen and oxygen atoms in total. The van der Waals surface area contributed by atoms with Crippen LogP contribution in [0, 0.1) is 6.92 Å². The van der Waals surface area contributed by atoms with Gasteiger partial charge in [-0.15, -0.1) is 35.3 Å². The highest BCUT2D eigenvalue weighted by Crippen LogP contribution is 2.16. The van der Waals surface area contributed by atoms with Crippen molar-refractivity contribution in [2.24, 2.45) is 4.99 Å². The summed E-state index contributed by atoms with van der Waals surface area (Å²) < 4.78 is 5.76. The molecular formula is C19H29IN4OS. The number of aryl methyl sites for hydroxylation is 1. The van der Waals surface area contributed by atoms with Crippen LogP contribution in [0.3, 0.4) is 0 Å². The minimum absolute atomic E-state index is 0. The van der Waals surface area contributed by atoms with Gasteiger partial charge in [0, 0.05) is 19.0 Å². The first-order valence-electron chi connectivity index (χ1n) is 8.64. The monoisotopic (exact) mass is 488 g/mol. The Labute approximate surface area is 177 Å². The summed E-state index contributed by atoms with van der Waals surface area (Å²) in [5.74, 6) is 1.77. The van der Waals surface area contributed by atoms with Crippen LogP contribution in [0.2, 0.25) is 0 Å². The molecule has 26 heavy (non-hydrogen) atoms. The van der Waals surface area contributed by atoms with Gasteiger partial charge in [-0.1, -0.05) is 12.1 Å². The first-order valence-corrected chi connectivity index (χ1v) is 9.52. The van der Waals surface area contributed by atoms with Crippen molar-refractivity contribution in [2.75, 3.05) is 13.6 Å². The molecule has 1 aromatic carbocycles. The van der Waals surface area contributed by atoms with E-state index in [4.69, 9.17) is 9.73 Å². The van der Waals surface area contributed by atoms with Gasteiger partial charge in [-0.3, -0.25) is 0 Å². The molecule has 0 radical (unpaired) electrons. The van der Waals surface area contributed by atoms with E-state index in [9.17, 15) is 0 Å². The third-order valence-electron chi connectivity index (χ3n) is 3.44. The van der Waals surface area contributed by atoms with Crippen LogP contribution in [-0.2, 0) is 13.1 Å². The summed E-state index contributed by atoms with van der Waals surface area (Å²) in [5.41, 5.74) is 2.20. The zero-order valence-electron chi connectivity index (χ0n) is 16.2. The first kappa shape index (κ1) is 22.7. The highest BCUT2D eigenvalue weighted by atomic mass is 127. The minimum atomic E-state index is 0. The van der Waals surface area contributed by atoms with E-state index in [1.807, 2.05) is 40.0 Å². The lowest BCUT2D eigenvalue weighted by Crippen LogP contribution is -2.38. The zero-order valence-corrected chi connectivity index (χ0v) is 19.3. The van der Waals surface area contributed by atoms with Crippen molar-refractivity contribution < 1.29 is 4.74 Å². The van der Waals surface area contributed by atoms with Crippen molar-refractivity contribution in [1.82, 2.24) is 15.2 Å². The van der Waals surface area contributed by atoms with Gasteiger partial charge in [0.2, 0.25) is 0 Å². The topological polar surface area (TPSA) is 49.8 Å². The average molecular weight is 488 g/mol. The van der Waals surface area contributed by atoms with Gasteiger partial charge in [0.1, 0.15) is 5.75 Å². The molecular weight excluding hydrogens is 459 g/mol. The number of thiazole rings is 1. The van der Waals surface area contributed by atoms with Gasteiger partial charge < -0.3 is 15.0 Å². The van der Waals surface area contributed by atoms with Crippen LogP contribution < -0.4 is 10.1 Å². The molecule has 0 bridgehead atoms. The minimum Gasteiger partial charge on any atom is -0.491 e. The fourth-order valence-corrected chi connectivity index (χ4v) is 3.03. The average Bonchev–Trinajstić information content (AvgIpc) is 2.96. The number of rotatable bonds is 7. The number of halogens is 1. The van der Waals surface area contributed by atoms with Crippen LogP contribution in [0.25, 0.3) is 0 Å². The van der Waals surface area contributed by atoms with Gasteiger partial charge in [-0.25, -0.2) is 9.98 Å². The molecule has 0 atom stereocenters. The number of aromatic nitrogens is 1. The maximum absolute atomic E-state index is 5.76. The summed E-state index contributed by atoms with van der Waals surface area (Å²) in [6.45, 7) is 10.3. The lowest BCUT2D eigenvalue weighted by atomic mass is 10.2. The van der Waals surface area contributed by atoms with E-state index in [0.717, 1.165) is 41.1 Å². The largest absolute Gasteiger partial charge is 0.491 e. The molecule has 0 spiro atoms. The lowest BCUT2D eigenvalue weighted by molar-refractivity contribution is 0.242. The predicted octanol–water partition coefficient (Wildman–Crippen LogP) is 4.45. The summed E-state index contributed by atoms with van der Waals surface area (Å²) in [6, 6.07) is 8.12. The fraction of sp³-hybridized carbons (Fsp3) is 0.474. The summed E-state index contributed by atoms with van der Waals surface area (Å²) in [4.78, 5) is 11.4. The molecule has 0 saturated carbocycles. The van der Waals surface area contributed by atoms with Gasteiger partial charge in [0.25, 0.3) is 0 Å². The van der Waals surface area contributed by atoms with E-state index in [-0.39, 0.29) is 30.1 Å². The van der Waals surface area contributed by atoms with Crippen LogP contribution in [0.1, 0.15) is 37.0 Å². The third kappa shape index (κ3) is 7.49. The number of nitrogens with one attached hydrogen (secondary N) is 1. The smallest absolute Gasteiger partial charge is 0.194 e. The Morgan fingerprint density at radius 2 is 2.15 bits per heavy atom. The second kappa shape index (κ2) is 11.4. The summed E-state index contributed by atoms with van der Waals surface area (Å²) in [6.07, 6.45) is 0.170. The second-order valence-corrected chi connectivity index (χ2v) is 7.26. The van der Waals surface area contributed by atoms with E-state index in [1.54, 1.807) is 11.3 Å². The molecule has 0 aliphatic rings. The van der Waals surface area contributed by atoms with Crippen molar-refractivity contribution in [3.8, 4) is 5.75 Å². The summed E-state index contributed by atoms with van der Waals surface area (Å²) in [7, 11) is 2.04. The highest BCUT2D eigenvalue weighted by Gasteiger charge is 2.09. The van der Waals surface area contributed by atoms with Gasteiger partial charge in [-0.2, -0.15) is 0 Å². The van der Waals surface area contributed by atoms with Gasteiger partial charge in [-0.05, 0) is 45.4 Å². The van der Waals surface area contributed by atoms with Crippen molar-refractivity contribution in [1.29, 1.82) is 0 Å². The Morgan fingerprint density at radius 1 is 1.38 bits per heavy atom. The standard InChI is InChI=1S/C19H28N4OS.HI/c1-6-20-19(23(5)12-17-13-25-15(4)22-17)21-11-16-8-7-9-18(10-16)24-14(2)3;/h7-10,13-14H,6,11-12H2,1-5H3,(H,20,21);1H. The van der Waals surface area contributed by atoms with E-state index >= 15 is 0 Å². The first-order chi connectivity index (χ1) is 12.0. The van der Waals surface area contributed by atoms with E-state index < -0.39 is 0 Å². The SMILES string of the molecule is CCNC(=NCc1cccc(OC(C)C)c1)N(C)Cc1csc(C)n1.I. The molecule has 1 N–H and O–H groups in total. The van der Waals surface area contributed by atoms with Gasteiger partial charge in [0.15, 0.2) is 5.96 Å². The van der Waals surface area contributed by atoms with Crippen molar-refractivity contribution in [2.45, 2.75) is 46.9 Å². The Hall–Kier alpha value is -1.35.